The number of hydrogen-bond donors (Lipinski definition) is 2. The highest BCUT2D eigenvalue weighted by Gasteiger charge is 2.60. The molecule has 0 bridgehead atoms. The first kappa shape index (κ1) is 25.3. The van der Waals surface area contributed by atoms with E-state index in [1.165, 1.54) is 6.92 Å². The first-order valence-electron chi connectivity index (χ1n) is 6.43. The van der Waals surface area contributed by atoms with E-state index < -0.39 is 41.0 Å². The zero-order valence-electron chi connectivity index (χ0n) is 13.6. The molecule has 0 aromatic rings. The molecule has 15 heteroatoms. The van der Waals surface area contributed by atoms with Crippen LogP contribution in [-0.2, 0) is 28.4 Å². The van der Waals surface area contributed by atoms with Crippen molar-refractivity contribution in [2.45, 2.75) is 43.8 Å². The van der Waals surface area contributed by atoms with E-state index >= 15 is 0 Å². The van der Waals surface area contributed by atoms with Gasteiger partial charge in [-0.1, -0.05) is 16.7 Å². The summed E-state index contributed by atoms with van der Waals surface area (Å²) in [5, 5.41) is 12.0. The number of hydrogen-bond acceptors (Lipinski definition) is 9. The molecule has 0 fully saturated rings. The van der Waals surface area contributed by atoms with Gasteiger partial charge in [0.15, 0.2) is 0 Å². The topological polar surface area (TPSA) is 95.5 Å². The molecule has 0 saturated heterocycles. The van der Waals surface area contributed by atoms with Crippen molar-refractivity contribution in [1.29, 1.82) is 0 Å². The molecule has 1 atom stereocenters. The van der Waals surface area contributed by atoms with Gasteiger partial charge < -0.3 is 5.32 Å². The summed E-state index contributed by atoms with van der Waals surface area (Å²) in [6.45, 7) is 8.00. The van der Waals surface area contributed by atoms with Crippen molar-refractivity contribution in [1.82, 2.24) is 5.32 Å². The molecule has 0 saturated carbocycles. The summed E-state index contributed by atoms with van der Waals surface area (Å²) in [5.74, 6) is -0.508. The molecule has 154 valence electrons. The predicted octanol–water partition coefficient (Wildman–Crippen LogP) is 3.58. The molecule has 0 radical (unpaired) electrons. The lowest BCUT2D eigenvalue weighted by atomic mass is 10.1. The van der Waals surface area contributed by atoms with Crippen LogP contribution in [0.15, 0.2) is 12.2 Å². The van der Waals surface area contributed by atoms with E-state index in [-0.39, 0.29) is 11.3 Å². The molecule has 0 aromatic heterocycles. The molecule has 0 aliphatic rings. The molecule has 8 nitrogen and oxygen atoms in total. The number of carbonyl (C=O) groups is 1. The number of amides is 1. The molecule has 0 heterocycles. The van der Waals surface area contributed by atoms with Crippen LogP contribution < -0.4 is 5.32 Å². The minimum Gasteiger partial charge on any atom is -0.347 e. The average molecular weight is 433 g/mol. The second kappa shape index (κ2) is 10.6. The quantitative estimate of drug-likeness (QED) is 0.120. The zero-order chi connectivity index (χ0) is 20.6. The van der Waals surface area contributed by atoms with Crippen LogP contribution in [0.5, 0.6) is 0 Å². The fraction of sp³-hybridized carbons (Fsp3) is 0.727. The van der Waals surface area contributed by atoms with Crippen molar-refractivity contribution in [2.24, 2.45) is 0 Å². The summed E-state index contributed by atoms with van der Waals surface area (Å²) in [7, 11) is 0. The van der Waals surface area contributed by atoms with Gasteiger partial charge in [-0.05, 0) is 20.8 Å². The third-order valence-electron chi connectivity index (χ3n) is 2.25. The molecule has 0 aliphatic heterocycles. The van der Waals surface area contributed by atoms with Crippen molar-refractivity contribution in [2.75, 3.05) is 5.75 Å². The Morgan fingerprint density at radius 1 is 1.23 bits per heavy atom. The summed E-state index contributed by atoms with van der Waals surface area (Å²) in [6, 6.07) is 0. The summed E-state index contributed by atoms with van der Waals surface area (Å²) < 4.78 is 71.8. The summed E-state index contributed by atoms with van der Waals surface area (Å²) >= 11 is -0.769. The molecule has 0 spiro atoms. The molecule has 1 unspecified atom stereocenters. The number of halogens is 5. The van der Waals surface area contributed by atoms with E-state index in [0.717, 1.165) is 0 Å². The van der Waals surface area contributed by atoms with Gasteiger partial charge in [0.1, 0.15) is 12.0 Å². The van der Waals surface area contributed by atoms with E-state index in [9.17, 15) is 26.7 Å². The van der Waals surface area contributed by atoms with Gasteiger partial charge in [0, 0.05) is 28.9 Å². The lowest BCUT2D eigenvalue weighted by Crippen LogP contribution is -2.46. The van der Waals surface area contributed by atoms with Crippen molar-refractivity contribution < 1.29 is 55.6 Å². The Kier molecular flexibility index (Phi) is 10.3. The predicted molar refractivity (Wildman–Crippen MR) is 79.9 cm³/mol. The standard InChI is InChI=1S/C11H16F5NO7S2/c1-6(2)7(18)17-9(3,4)5-25-24-22-20-8(10(12,13)14)11(15,16)26-23-21-19/h8,19H,1,5H2,2-4H3,(H,17,18). The molecule has 0 aliphatic carbocycles. The van der Waals surface area contributed by atoms with Crippen LogP contribution in [0, 0.1) is 0 Å². The van der Waals surface area contributed by atoms with Crippen molar-refractivity contribution in [3.05, 3.63) is 12.2 Å². The van der Waals surface area contributed by atoms with Crippen molar-refractivity contribution in [3.63, 3.8) is 0 Å². The van der Waals surface area contributed by atoms with Gasteiger partial charge in [-0.2, -0.15) is 26.8 Å². The van der Waals surface area contributed by atoms with Crippen LogP contribution in [0.25, 0.3) is 0 Å². The van der Waals surface area contributed by atoms with Gasteiger partial charge in [0.05, 0.1) is 0 Å². The van der Waals surface area contributed by atoms with E-state index in [1.807, 2.05) is 0 Å². The van der Waals surface area contributed by atoms with E-state index in [2.05, 4.69) is 35.5 Å². The van der Waals surface area contributed by atoms with E-state index in [1.54, 1.807) is 13.8 Å². The number of carbonyl (C=O) groups excluding carboxylic acids is 1. The maximum atomic E-state index is 13.3. The molecule has 0 aromatic carbocycles. The first-order valence-corrected chi connectivity index (χ1v) is 8.08. The van der Waals surface area contributed by atoms with Crippen LogP contribution in [0.4, 0.5) is 22.0 Å². The van der Waals surface area contributed by atoms with Crippen LogP contribution in [-0.4, -0.2) is 40.0 Å². The van der Waals surface area contributed by atoms with Crippen LogP contribution >= 0.6 is 24.1 Å². The maximum Gasteiger partial charge on any atom is 0.424 e. The van der Waals surface area contributed by atoms with Gasteiger partial charge in [-0.25, -0.2) is 5.26 Å². The number of nitrogens with one attached hydrogen (secondary N) is 1. The van der Waals surface area contributed by atoms with Gasteiger partial charge in [0.2, 0.25) is 5.91 Å². The third kappa shape index (κ3) is 9.86. The van der Waals surface area contributed by atoms with Crippen LogP contribution in [0.1, 0.15) is 20.8 Å². The normalized spacial score (nSPS) is 14.2. The van der Waals surface area contributed by atoms with E-state index in [0.29, 0.717) is 12.0 Å². The minimum absolute atomic E-state index is 0.0430. The molecule has 0 rings (SSSR count). The van der Waals surface area contributed by atoms with Gasteiger partial charge in [0.25, 0.3) is 6.10 Å². The third-order valence-corrected chi connectivity index (χ3v) is 3.81. The van der Waals surface area contributed by atoms with Gasteiger partial charge in [-0.15, -0.1) is 8.67 Å². The fourth-order valence-electron chi connectivity index (χ4n) is 1.10. The highest BCUT2D eigenvalue weighted by Crippen LogP contribution is 2.42. The van der Waals surface area contributed by atoms with Crippen LogP contribution in [0.2, 0.25) is 0 Å². The summed E-state index contributed by atoms with van der Waals surface area (Å²) in [4.78, 5) is 15.0. The SMILES string of the molecule is C=C(C)C(=O)NC(C)(C)CSOOOC(C(F)(F)F)C(F)(F)SOOO. The Morgan fingerprint density at radius 3 is 2.27 bits per heavy atom. The lowest BCUT2D eigenvalue weighted by molar-refractivity contribution is -0.511. The molecule has 1 amide bonds. The van der Waals surface area contributed by atoms with E-state index in [4.69, 9.17) is 5.26 Å². The largest absolute Gasteiger partial charge is 0.424 e. The minimum atomic E-state index is -5.57. The second-order valence-electron chi connectivity index (χ2n) is 5.32. The lowest BCUT2D eigenvalue weighted by Gasteiger charge is -2.26. The number of alkyl halides is 5. The van der Waals surface area contributed by atoms with Crippen LogP contribution in [0.3, 0.4) is 0 Å². The van der Waals surface area contributed by atoms with Gasteiger partial charge in [-0.3, -0.25) is 4.79 Å². The Balaban J connectivity index is 4.48. The fourth-order valence-corrected chi connectivity index (χ4v) is 1.97. The maximum absolute atomic E-state index is 13.3. The Morgan fingerprint density at radius 2 is 1.81 bits per heavy atom. The van der Waals surface area contributed by atoms with Crippen molar-refractivity contribution >= 4 is 30.0 Å². The number of rotatable bonds is 12. The summed E-state index contributed by atoms with van der Waals surface area (Å²) in [6.07, 6.45) is -9.37. The second-order valence-corrected chi connectivity index (χ2v) is 6.83. The Bertz CT molecular complexity index is 478. The average Bonchev–Trinajstić information content (AvgIpc) is 2.46. The molecular weight excluding hydrogens is 417 g/mol. The Hall–Kier alpha value is -0.680. The molecular formula is C11H16F5NO7S2. The molecule has 26 heavy (non-hydrogen) atoms. The Labute approximate surface area is 153 Å². The monoisotopic (exact) mass is 433 g/mol. The highest BCUT2D eigenvalue weighted by molar-refractivity contribution is 7.95. The van der Waals surface area contributed by atoms with Gasteiger partial charge >= 0.3 is 11.4 Å². The summed E-state index contributed by atoms with van der Waals surface area (Å²) in [5.41, 5.74) is -0.662. The molecule has 2 N–H and O–H groups in total. The first-order chi connectivity index (χ1) is 11.7. The highest BCUT2D eigenvalue weighted by atomic mass is 32.2. The van der Waals surface area contributed by atoms with Crippen molar-refractivity contribution in [3.8, 4) is 0 Å². The smallest absolute Gasteiger partial charge is 0.347 e. The zero-order valence-corrected chi connectivity index (χ0v) is 15.2.